The van der Waals surface area contributed by atoms with Gasteiger partial charge in [-0.25, -0.2) is 4.68 Å². The summed E-state index contributed by atoms with van der Waals surface area (Å²) in [5.74, 6) is -0.589. The fourth-order valence-corrected chi connectivity index (χ4v) is 3.52. The number of ether oxygens (including phenoxy) is 1. The molecule has 4 aromatic rings. The Bertz CT molecular complexity index is 1360. The third kappa shape index (κ3) is 5.19. The number of aromatic nitrogens is 2. The molecule has 0 aliphatic heterocycles. The fraction of sp³-hybridized carbons (Fsp3) is 0.120. The zero-order valence-corrected chi connectivity index (χ0v) is 18.5. The summed E-state index contributed by atoms with van der Waals surface area (Å²) >= 11 is 0. The van der Waals surface area contributed by atoms with Crippen LogP contribution < -0.4 is 10.1 Å². The van der Waals surface area contributed by atoms with Crippen molar-refractivity contribution in [3.05, 3.63) is 95.7 Å². The summed E-state index contributed by atoms with van der Waals surface area (Å²) in [5.41, 5.74) is -2.74. The average molecular weight is 505 g/mol. The van der Waals surface area contributed by atoms with Gasteiger partial charge in [-0.2, -0.15) is 31.4 Å². The highest BCUT2D eigenvalue weighted by Gasteiger charge is 2.37. The number of amides is 1. The molecular weight excluding hydrogens is 488 g/mol. The van der Waals surface area contributed by atoms with E-state index in [-0.39, 0.29) is 17.3 Å². The van der Waals surface area contributed by atoms with E-state index in [1.165, 1.54) is 18.0 Å². The Morgan fingerprint density at radius 3 is 2.03 bits per heavy atom. The standard InChI is InChI=1S/C25H17F6N3O2/c1-36-21-10-6-5-9-19(21)22-20(14-34(33-22)18-7-3-2-4-8-18)23(35)32-17-12-15(24(26,27)28)11-16(13-17)25(29,30)31/h2-14H,1H3,(H,32,35). The second-order valence-corrected chi connectivity index (χ2v) is 7.62. The van der Waals surface area contributed by atoms with E-state index in [9.17, 15) is 31.1 Å². The second-order valence-electron chi connectivity index (χ2n) is 7.62. The number of hydrogen-bond acceptors (Lipinski definition) is 3. The largest absolute Gasteiger partial charge is 0.496 e. The zero-order valence-electron chi connectivity index (χ0n) is 18.5. The SMILES string of the molecule is COc1ccccc1-c1nn(-c2ccccc2)cc1C(=O)Nc1cc(C(F)(F)F)cc(C(F)(F)F)c1. The molecular formula is C25H17F6N3O2. The summed E-state index contributed by atoms with van der Waals surface area (Å²) in [6.07, 6.45) is -8.77. The quantitative estimate of drug-likeness (QED) is 0.302. The van der Waals surface area contributed by atoms with Gasteiger partial charge in [-0.05, 0) is 42.5 Å². The van der Waals surface area contributed by atoms with Crippen molar-refractivity contribution in [3.63, 3.8) is 0 Å². The maximum Gasteiger partial charge on any atom is 0.416 e. The van der Waals surface area contributed by atoms with Crippen molar-refractivity contribution in [3.8, 4) is 22.7 Å². The van der Waals surface area contributed by atoms with Gasteiger partial charge in [0.25, 0.3) is 5.91 Å². The number of halogens is 6. The number of carbonyl (C=O) groups is 1. The van der Waals surface area contributed by atoms with Gasteiger partial charge in [0.15, 0.2) is 0 Å². The first-order valence-electron chi connectivity index (χ1n) is 10.4. The van der Waals surface area contributed by atoms with Crippen LogP contribution in [0.1, 0.15) is 21.5 Å². The molecule has 0 atom stereocenters. The van der Waals surface area contributed by atoms with Crippen LogP contribution in [0.3, 0.4) is 0 Å². The van der Waals surface area contributed by atoms with Crippen LogP contribution in [-0.4, -0.2) is 22.8 Å². The molecule has 1 heterocycles. The lowest BCUT2D eigenvalue weighted by Crippen LogP contribution is -2.16. The molecule has 1 N–H and O–H groups in total. The molecule has 3 aromatic carbocycles. The number of methoxy groups -OCH3 is 1. The molecule has 4 rings (SSSR count). The van der Waals surface area contributed by atoms with E-state index in [1.807, 2.05) is 0 Å². The molecule has 36 heavy (non-hydrogen) atoms. The highest BCUT2D eigenvalue weighted by molar-refractivity contribution is 6.08. The van der Waals surface area contributed by atoms with Crippen LogP contribution in [0.4, 0.5) is 32.0 Å². The highest BCUT2D eigenvalue weighted by atomic mass is 19.4. The van der Waals surface area contributed by atoms with Crippen molar-refractivity contribution in [2.45, 2.75) is 12.4 Å². The summed E-state index contributed by atoms with van der Waals surface area (Å²) in [6.45, 7) is 0. The van der Waals surface area contributed by atoms with E-state index in [2.05, 4.69) is 10.4 Å². The van der Waals surface area contributed by atoms with E-state index in [0.29, 0.717) is 29.1 Å². The number of carbonyl (C=O) groups excluding carboxylic acids is 1. The maximum absolute atomic E-state index is 13.2. The Morgan fingerprint density at radius 2 is 1.44 bits per heavy atom. The van der Waals surface area contributed by atoms with Crippen LogP contribution in [-0.2, 0) is 12.4 Å². The summed E-state index contributed by atoms with van der Waals surface area (Å²) in [4.78, 5) is 13.2. The van der Waals surface area contributed by atoms with Gasteiger partial charge in [0.05, 0.1) is 29.5 Å². The molecule has 0 aliphatic rings. The maximum atomic E-state index is 13.2. The monoisotopic (exact) mass is 505 g/mol. The number of anilines is 1. The lowest BCUT2D eigenvalue weighted by atomic mass is 10.1. The molecule has 1 amide bonds. The van der Waals surface area contributed by atoms with Crippen molar-refractivity contribution in [1.29, 1.82) is 0 Å². The number of nitrogens with zero attached hydrogens (tertiary/aromatic N) is 2. The molecule has 5 nitrogen and oxygen atoms in total. The minimum atomic E-state index is -5.05. The van der Waals surface area contributed by atoms with Gasteiger partial charge >= 0.3 is 12.4 Å². The van der Waals surface area contributed by atoms with Crippen LogP contribution in [0.25, 0.3) is 16.9 Å². The third-order valence-electron chi connectivity index (χ3n) is 5.19. The van der Waals surface area contributed by atoms with Crippen molar-refractivity contribution < 1.29 is 35.9 Å². The Balaban J connectivity index is 1.81. The van der Waals surface area contributed by atoms with Gasteiger partial charge < -0.3 is 10.1 Å². The van der Waals surface area contributed by atoms with Crippen LogP contribution >= 0.6 is 0 Å². The number of benzene rings is 3. The van der Waals surface area contributed by atoms with Crippen molar-refractivity contribution in [1.82, 2.24) is 9.78 Å². The first-order valence-corrected chi connectivity index (χ1v) is 10.4. The van der Waals surface area contributed by atoms with Crippen LogP contribution in [0.15, 0.2) is 79.0 Å². The number of para-hydroxylation sites is 2. The van der Waals surface area contributed by atoms with E-state index in [0.717, 1.165) is 0 Å². The van der Waals surface area contributed by atoms with Gasteiger partial charge in [-0.1, -0.05) is 30.3 Å². The van der Waals surface area contributed by atoms with Gasteiger partial charge in [0.1, 0.15) is 11.4 Å². The first kappa shape index (κ1) is 24.8. The molecule has 0 aliphatic carbocycles. The van der Waals surface area contributed by atoms with Gasteiger partial charge in [0, 0.05) is 17.4 Å². The lowest BCUT2D eigenvalue weighted by Gasteiger charge is -2.15. The Morgan fingerprint density at radius 1 is 0.861 bits per heavy atom. The van der Waals surface area contributed by atoms with E-state index in [4.69, 9.17) is 4.74 Å². The smallest absolute Gasteiger partial charge is 0.416 e. The zero-order chi connectivity index (χ0) is 26.1. The van der Waals surface area contributed by atoms with Crippen LogP contribution in [0.5, 0.6) is 5.75 Å². The Labute approximate surface area is 200 Å². The average Bonchev–Trinajstić information content (AvgIpc) is 3.29. The molecule has 186 valence electrons. The van der Waals surface area contributed by atoms with Gasteiger partial charge in [-0.3, -0.25) is 4.79 Å². The molecule has 0 spiro atoms. The normalized spacial score (nSPS) is 11.9. The predicted molar refractivity (Wildman–Crippen MR) is 120 cm³/mol. The lowest BCUT2D eigenvalue weighted by molar-refractivity contribution is -0.143. The van der Waals surface area contributed by atoms with Crippen LogP contribution in [0, 0.1) is 0 Å². The highest BCUT2D eigenvalue weighted by Crippen LogP contribution is 2.38. The number of rotatable bonds is 5. The number of alkyl halides is 6. The van der Waals surface area contributed by atoms with Crippen molar-refractivity contribution >= 4 is 11.6 Å². The molecule has 0 unspecified atom stereocenters. The number of hydrogen-bond donors (Lipinski definition) is 1. The Hall–Kier alpha value is -4.28. The minimum Gasteiger partial charge on any atom is -0.496 e. The van der Waals surface area contributed by atoms with E-state index in [1.54, 1.807) is 54.6 Å². The predicted octanol–water partition coefficient (Wildman–Crippen LogP) is 6.84. The molecule has 1 aromatic heterocycles. The minimum absolute atomic E-state index is 0.0106. The van der Waals surface area contributed by atoms with Crippen molar-refractivity contribution in [2.24, 2.45) is 0 Å². The molecule has 0 saturated heterocycles. The van der Waals surface area contributed by atoms with Crippen molar-refractivity contribution in [2.75, 3.05) is 12.4 Å². The third-order valence-corrected chi connectivity index (χ3v) is 5.19. The molecule has 0 bridgehead atoms. The fourth-order valence-electron chi connectivity index (χ4n) is 3.52. The number of nitrogens with one attached hydrogen (secondary N) is 1. The summed E-state index contributed by atoms with van der Waals surface area (Å²) in [6, 6.07) is 16.2. The molecule has 0 radical (unpaired) electrons. The Kier molecular flexibility index (Phi) is 6.49. The molecule has 11 heteroatoms. The second kappa shape index (κ2) is 9.40. The molecule has 0 fully saturated rings. The summed E-state index contributed by atoms with van der Waals surface area (Å²) < 4.78 is 86.2. The topological polar surface area (TPSA) is 56.2 Å². The van der Waals surface area contributed by atoms with E-state index < -0.39 is 35.1 Å². The summed E-state index contributed by atoms with van der Waals surface area (Å²) in [7, 11) is 1.41. The summed E-state index contributed by atoms with van der Waals surface area (Å²) in [5, 5.41) is 6.61. The van der Waals surface area contributed by atoms with Gasteiger partial charge in [-0.15, -0.1) is 0 Å². The molecule has 0 saturated carbocycles. The first-order chi connectivity index (χ1) is 17.0. The van der Waals surface area contributed by atoms with Crippen LogP contribution in [0.2, 0.25) is 0 Å². The van der Waals surface area contributed by atoms with Gasteiger partial charge in [0.2, 0.25) is 0 Å². The van der Waals surface area contributed by atoms with E-state index >= 15 is 0 Å².